The largest absolute Gasteiger partial charge is 0.323 e. The number of carbonyl (C=O) groups is 2. The second-order valence-electron chi connectivity index (χ2n) is 6.28. The molecule has 126 valence electrons. The Morgan fingerprint density at radius 2 is 1.81 bits per heavy atom. The number of amides is 2. The number of hydrogen-bond acceptors (Lipinski definition) is 3. The fraction of sp³-hybridized carbons (Fsp3) is 0.0500. The molecule has 3 aromatic carbocycles. The van der Waals surface area contributed by atoms with Gasteiger partial charge in [0.25, 0.3) is 0 Å². The van der Waals surface area contributed by atoms with Gasteiger partial charge in [-0.15, -0.1) is 0 Å². The van der Waals surface area contributed by atoms with Crippen LogP contribution in [-0.2, 0) is 9.59 Å². The summed E-state index contributed by atoms with van der Waals surface area (Å²) in [7, 11) is 0. The van der Waals surface area contributed by atoms with Crippen molar-refractivity contribution in [3.8, 4) is 0 Å². The number of nitrogens with zero attached hydrogens (tertiary/aromatic N) is 2. The third-order valence-corrected chi connectivity index (χ3v) is 4.66. The maximum absolute atomic E-state index is 12.8. The fourth-order valence-electron chi connectivity index (χ4n) is 3.46. The van der Waals surface area contributed by atoms with Gasteiger partial charge in [-0.1, -0.05) is 30.3 Å². The van der Waals surface area contributed by atoms with Gasteiger partial charge in [-0.2, -0.15) is 5.10 Å². The molecule has 2 amide bonds. The number of aromatic amines is 1. The van der Waals surface area contributed by atoms with E-state index in [1.807, 2.05) is 54.6 Å². The Hall–Kier alpha value is -3.67. The molecule has 1 aromatic heterocycles. The van der Waals surface area contributed by atoms with Gasteiger partial charge in [0.2, 0.25) is 11.8 Å². The molecule has 1 aliphatic rings. The zero-order valence-electron chi connectivity index (χ0n) is 13.7. The molecule has 26 heavy (non-hydrogen) atoms. The van der Waals surface area contributed by atoms with Crippen LogP contribution in [0.2, 0.25) is 0 Å². The number of aromatic nitrogens is 2. The molecule has 6 heteroatoms. The standard InChI is InChI=1S/C20H14N4O2/c25-18-10-19(26)24(14-7-5-13-11-21-23-16(13)9-14)17-8-6-12-3-1-2-4-15(12)20(17)22-18/h1-9,11H,10H2,(H,21,23)(H,22,25). The highest BCUT2D eigenvalue weighted by Gasteiger charge is 2.28. The Morgan fingerprint density at radius 1 is 0.962 bits per heavy atom. The van der Waals surface area contributed by atoms with Crippen LogP contribution in [0.1, 0.15) is 6.42 Å². The molecule has 0 saturated carbocycles. The van der Waals surface area contributed by atoms with Crippen LogP contribution in [0.25, 0.3) is 21.7 Å². The molecule has 0 atom stereocenters. The van der Waals surface area contributed by atoms with Gasteiger partial charge in [0, 0.05) is 10.8 Å². The van der Waals surface area contributed by atoms with Gasteiger partial charge < -0.3 is 5.32 Å². The topological polar surface area (TPSA) is 78.1 Å². The van der Waals surface area contributed by atoms with Crippen molar-refractivity contribution in [2.75, 3.05) is 10.2 Å². The Bertz CT molecular complexity index is 1190. The number of rotatable bonds is 1. The number of benzene rings is 3. The normalized spacial score (nSPS) is 14.4. The molecule has 2 N–H and O–H groups in total. The smallest absolute Gasteiger partial charge is 0.241 e. The van der Waals surface area contributed by atoms with E-state index in [2.05, 4.69) is 15.5 Å². The quantitative estimate of drug-likeness (QED) is 0.518. The second kappa shape index (κ2) is 5.42. The first-order valence-electron chi connectivity index (χ1n) is 8.28. The lowest BCUT2D eigenvalue weighted by atomic mass is 10.1. The van der Waals surface area contributed by atoms with Gasteiger partial charge in [-0.05, 0) is 29.7 Å². The lowest BCUT2D eigenvalue weighted by Crippen LogP contribution is -2.26. The van der Waals surface area contributed by atoms with Crippen molar-refractivity contribution in [1.29, 1.82) is 0 Å². The van der Waals surface area contributed by atoms with Crippen LogP contribution in [0.15, 0.2) is 60.8 Å². The molecule has 0 aliphatic carbocycles. The minimum atomic E-state index is -0.308. The average molecular weight is 342 g/mol. The lowest BCUT2D eigenvalue weighted by Gasteiger charge is -2.23. The van der Waals surface area contributed by atoms with Crippen molar-refractivity contribution in [1.82, 2.24) is 10.2 Å². The maximum Gasteiger partial charge on any atom is 0.241 e. The van der Waals surface area contributed by atoms with E-state index in [1.165, 1.54) is 0 Å². The maximum atomic E-state index is 12.8. The van der Waals surface area contributed by atoms with Gasteiger partial charge in [0.05, 0.1) is 28.8 Å². The summed E-state index contributed by atoms with van der Waals surface area (Å²) in [5.41, 5.74) is 2.85. The molecular formula is C20H14N4O2. The summed E-state index contributed by atoms with van der Waals surface area (Å²) in [6.07, 6.45) is 1.53. The first-order valence-corrected chi connectivity index (χ1v) is 8.28. The Morgan fingerprint density at radius 3 is 2.73 bits per heavy atom. The molecule has 0 fully saturated rings. The molecule has 2 heterocycles. The van der Waals surface area contributed by atoms with Crippen molar-refractivity contribution < 1.29 is 9.59 Å². The first kappa shape index (κ1) is 14.7. The summed E-state index contributed by atoms with van der Waals surface area (Å²) in [4.78, 5) is 26.7. The van der Waals surface area contributed by atoms with Gasteiger partial charge in [0.15, 0.2) is 0 Å². The predicted molar refractivity (Wildman–Crippen MR) is 100 cm³/mol. The zero-order chi connectivity index (χ0) is 17.7. The van der Waals surface area contributed by atoms with E-state index in [-0.39, 0.29) is 18.2 Å². The molecule has 6 nitrogen and oxygen atoms in total. The van der Waals surface area contributed by atoms with Crippen LogP contribution in [0.3, 0.4) is 0 Å². The number of carbonyl (C=O) groups excluding carboxylic acids is 2. The summed E-state index contributed by atoms with van der Waals surface area (Å²) in [6, 6.07) is 17.3. The van der Waals surface area contributed by atoms with Crippen molar-refractivity contribution >= 4 is 50.6 Å². The average Bonchev–Trinajstić information content (AvgIpc) is 3.06. The van der Waals surface area contributed by atoms with Crippen LogP contribution in [0.5, 0.6) is 0 Å². The highest BCUT2D eigenvalue weighted by Crippen LogP contribution is 2.40. The number of anilines is 3. The van der Waals surface area contributed by atoms with E-state index in [1.54, 1.807) is 11.1 Å². The van der Waals surface area contributed by atoms with E-state index in [0.29, 0.717) is 17.1 Å². The van der Waals surface area contributed by atoms with Crippen LogP contribution >= 0.6 is 0 Å². The summed E-state index contributed by atoms with van der Waals surface area (Å²) in [6.45, 7) is 0. The minimum absolute atomic E-state index is 0.204. The fourth-order valence-corrected chi connectivity index (χ4v) is 3.46. The number of hydrogen-bond donors (Lipinski definition) is 2. The van der Waals surface area contributed by atoms with Crippen molar-refractivity contribution in [2.24, 2.45) is 0 Å². The Balaban J connectivity index is 1.78. The highest BCUT2D eigenvalue weighted by atomic mass is 16.2. The van der Waals surface area contributed by atoms with E-state index >= 15 is 0 Å². The van der Waals surface area contributed by atoms with E-state index in [4.69, 9.17) is 0 Å². The highest BCUT2D eigenvalue weighted by molar-refractivity contribution is 6.21. The van der Waals surface area contributed by atoms with Gasteiger partial charge in [-0.3, -0.25) is 19.6 Å². The van der Waals surface area contributed by atoms with Gasteiger partial charge in [-0.25, -0.2) is 0 Å². The van der Waals surface area contributed by atoms with Crippen LogP contribution in [0.4, 0.5) is 17.1 Å². The van der Waals surface area contributed by atoms with E-state index < -0.39 is 0 Å². The van der Waals surface area contributed by atoms with Gasteiger partial charge >= 0.3 is 0 Å². The Kier molecular flexibility index (Phi) is 3.05. The molecule has 0 bridgehead atoms. The van der Waals surface area contributed by atoms with E-state index in [9.17, 15) is 9.59 Å². The molecule has 4 aromatic rings. The Labute approximate surface area is 148 Å². The molecule has 1 aliphatic heterocycles. The zero-order valence-corrected chi connectivity index (χ0v) is 13.7. The van der Waals surface area contributed by atoms with Gasteiger partial charge in [0.1, 0.15) is 6.42 Å². The third-order valence-electron chi connectivity index (χ3n) is 4.66. The van der Waals surface area contributed by atoms with Crippen LogP contribution in [0, 0.1) is 0 Å². The first-order chi connectivity index (χ1) is 12.7. The molecule has 0 saturated heterocycles. The van der Waals surface area contributed by atoms with Crippen LogP contribution < -0.4 is 10.2 Å². The van der Waals surface area contributed by atoms with Crippen LogP contribution in [-0.4, -0.2) is 22.0 Å². The summed E-state index contributed by atoms with van der Waals surface area (Å²) in [5.74, 6) is -0.576. The van der Waals surface area contributed by atoms with Crippen molar-refractivity contribution in [3.05, 3.63) is 60.8 Å². The summed E-state index contributed by atoms with van der Waals surface area (Å²) in [5, 5.41) is 12.7. The summed E-state index contributed by atoms with van der Waals surface area (Å²) >= 11 is 0. The lowest BCUT2D eigenvalue weighted by molar-refractivity contribution is -0.124. The van der Waals surface area contributed by atoms with Crippen molar-refractivity contribution in [2.45, 2.75) is 6.42 Å². The minimum Gasteiger partial charge on any atom is -0.323 e. The SMILES string of the molecule is O=C1CC(=O)N(c2ccc3cn[nH]c3c2)c2ccc3ccccc3c2N1. The molecule has 0 unspecified atom stereocenters. The molecule has 0 radical (unpaired) electrons. The predicted octanol–water partition coefficient (Wildman–Crippen LogP) is 3.72. The monoisotopic (exact) mass is 342 g/mol. The number of fused-ring (bicyclic) bond motifs is 4. The molecule has 0 spiro atoms. The third kappa shape index (κ3) is 2.16. The summed E-state index contributed by atoms with van der Waals surface area (Å²) < 4.78 is 0. The second-order valence-corrected chi connectivity index (χ2v) is 6.28. The van der Waals surface area contributed by atoms with E-state index in [0.717, 1.165) is 21.7 Å². The number of H-pyrrole nitrogens is 1. The van der Waals surface area contributed by atoms with Crippen molar-refractivity contribution in [3.63, 3.8) is 0 Å². The number of nitrogens with one attached hydrogen (secondary N) is 2. The molecular weight excluding hydrogens is 328 g/mol. The molecule has 5 rings (SSSR count).